The smallest absolute Gasteiger partial charge is 0.433 e. The number of halogens is 3. The summed E-state index contributed by atoms with van der Waals surface area (Å²) in [5.74, 6) is -0.745. The SMILES string of the molecule is Cc1cc(Nc2nccc(C(F)(F)F)n2)cc(-c2ccc(N[C@H](C)C(=O)O)nc2)c1. The Morgan fingerprint density at radius 2 is 1.87 bits per heavy atom. The van der Waals surface area contributed by atoms with E-state index in [1.54, 1.807) is 30.5 Å². The van der Waals surface area contributed by atoms with Crippen LogP contribution in [0.1, 0.15) is 18.2 Å². The Bertz CT molecular complexity index is 1060. The number of aromatic nitrogens is 3. The van der Waals surface area contributed by atoms with E-state index >= 15 is 0 Å². The number of pyridine rings is 1. The van der Waals surface area contributed by atoms with E-state index in [-0.39, 0.29) is 5.95 Å². The Hall–Kier alpha value is -3.69. The van der Waals surface area contributed by atoms with Crippen LogP contribution in [0.3, 0.4) is 0 Å². The largest absolute Gasteiger partial charge is 0.480 e. The fourth-order valence-corrected chi connectivity index (χ4v) is 2.66. The van der Waals surface area contributed by atoms with Crippen molar-refractivity contribution in [3.63, 3.8) is 0 Å². The van der Waals surface area contributed by atoms with Gasteiger partial charge in [-0.25, -0.2) is 15.0 Å². The fraction of sp³-hybridized carbons (Fsp3) is 0.200. The molecule has 156 valence electrons. The molecular formula is C20H18F3N5O2. The normalized spacial score (nSPS) is 12.3. The average molecular weight is 417 g/mol. The van der Waals surface area contributed by atoms with Gasteiger partial charge in [0.25, 0.3) is 0 Å². The van der Waals surface area contributed by atoms with Gasteiger partial charge in [0.2, 0.25) is 5.95 Å². The van der Waals surface area contributed by atoms with Crippen LogP contribution >= 0.6 is 0 Å². The van der Waals surface area contributed by atoms with Gasteiger partial charge in [-0.2, -0.15) is 13.2 Å². The molecule has 7 nitrogen and oxygen atoms in total. The van der Waals surface area contributed by atoms with Crippen LogP contribution in [-0.4, -0.2) is 32.1 Å². The quantitative estimate of drug-likeness (QED) is 0.543. The molecule has 1 atom stereocenters. The summed E-state index contributed by atoms with van der Waals surface area (Å²) in [4.78, 5) is 22.5. The minimum atomic E-state index is -4.56. The maximum absolute atomic E-state index is 12.8. The third kappa shape index (κ3) is 5.22. The molecule has 0 amide bonds. The predicted molar refractivity (Wildman–Crippen MR) is 105 cm³/mol. The lowest BCUT2D eigenvalue weighted by atomic mass is 10.0. The Balaban J connectivity index is 1.83. The molecule has 0 fully saturated rings. The summed E-state index contributed by atoms with van der Waals surface area (Å²) >= 11 is 0. The number of carboxylic acids is 1. The van der Waals surface area contributed by atoms with Gasteiger partial charge in [-0.15, -0.1) is 0 Å². The lowest BCUT2D eigenvalue weighted by Gasteiger charge is -2.12. The van der Waals surface area contributed by atoms with Crippen molar-refractivity contribution in [2.75, 3.05) is 10.6 Å². The molecule has 0 aliphatic heterocycles. The Kier molecular flexibility index (Phi) is 5.86. The van der Waals surface area contributed by atoms with Crippen molar-refractivity contribution in [3.05, 3.63) is 60.0 Å². The number of rotatable bonds is 6. The first kappa shape index (κ1) is 21.0. The lowest BCUT2D eigenvalue weighted by Crippen LogP contribution is -2.25. The van der Waals surface area contributed by atoms with Crippen LogP contribution in [0.5, 0.6) is 0 Å². The first-order valence-electron chi connectivity index (χ1n) is 8.86. The number of carboxylic acid groups (broad SMARTS) is 1. The van der Waals surface area contributed by atoms with Gasteiger partial charge in [0.1, 0.15) is 17.6 Å². The number of carbonyl (C=O) groups is 1. The highest BCUT2D eigenvalue weighted by atomic mass is 19.4. The second-order valence-corrected chi connectivity index (χ2v) is 6.61. The van der Waals surface area contributed by atoms with Gasteiger partial charge >= 0.3 is 12.1 Å². The van der Waals surface area contributed by atoms with Crippen LogP contribution in [0.2, 0.25) is 0 Å². The van der Waals surface area contributed by atoms with Crippen LogP contribution in [0.25, 0.3) is 11.1 Å². The van der Waals surface area contributed by atoms with Crippen molar-refractivity contribution >= 4 is 23.4 Å². The average Bonchev–Trinajstić information content (AvgIpc) is 2.67. The predicted octanol–water partition coefficient (Wildman–Crippen LogP) is 4.49. The van der Waals surface area contributed by atoms with Crippen LogP contribution in [0, 0.1) is 6.92 Å². The van der Waals surface area contributed by atoms with Gasteiger partial charge in [0, 0.05) is 23.6 Å². The molecule has 0 bridgehead atoms. The second kappa shape index (κ2) is 8.36. The van der Waals surface area contributed by atoms with Crippen molar-refractivity contribution in [1.29, 1.82) is 0 Å². The molecule has 0 spiro atoms. The summed E-state index contributed by atoms with van der Waals surface area (Å²) in [6.07, 6.45) is -1.93. The summed E-state index contributed by atoms with van der Waals surface area (Å²) in [6.45, 7) is 3.35. The molecule has 0 radical (unpaired) electrons. The first-order chi connectivity index (χ1) is 14.1. The van der Waals surface area contributed by atoms with Crippen molar-refractivity contribution in [3.8, 4) is 11.1 Å². The van der Waals surface area contributed by atoms with Gasteiger partial charge in [-0.3, -0.25) is 4.79 Å². The molecule has 0 aliphatic carbocycles. The molecule has 3 aromatic rings. The summed E-state index contributed by atoms with van der Waals surface area (Å²) in [7, 11) is 0. The van der Waals surface area contributed by atoms with E-state index in [1.165, 1.54) is 6.92 Å². The second-order valence-electron chi connectivity index (χ2n) is 6.61. The van der Waals surface area contributed by atoms with Crippen LogP contribution < -0.4 is 10.6 Å². The number of benzene rings is 1. The number of aryl methyl sites for hydroxylation is 1. The number of nitrogens with one attached hydrogen (secondary N) is 2. The number of hydrogen-bond acceptors (Lipinski definition) is 6. The van der Waals surface area contributed by atoms with Crippen LogP contribution in [0.4, 0.5) is 30.6 Å². The highest BCUT2D eigenvalue weighted by molar-refractivity contribution is 5.76. The number of anilines is 3. The first-order valence-corrected chi connectivity index (χ1v) is 8.86. The molecule has 3 rings (SSSR count). The van der Waals surface area contributed by atoms with Gasteiger partial charge < -0.3 is 15.7 Å². The number of hydrogen-bond donors (Lipinski definition) is 3. The van der Waals surface area contributed by atoms with E-state index in [1.807, 2.05) is 13.0 Å². The molecule has 30 heavy (non-hydrogen) atoms. The molecular weight excluding hydrogens is 399 g/mol. The third-order valence-corrected chi connectivity index (χ3v) is 4.11. The third-order valence-electron chi connectivity index (χ3n) is 4.11. The molecule has 0 saturated carbocycles. The van der Waals surface area contributed by atoms with Crippen molar-refractivity contribution in [1.82, 2.24) is 15.0 Å². The number of alkyl halides is 3. The number of aliphatic carboxylic acids is 1. The highest BCUT2D eigenvalue weighted by Gasteiger charge is 2.32. The Morgan fingerprint density at radius 3 is 2.50 bits per heavy atom. The van der Waals surface area contributed by atoms with Crippen LogP contribution in [0.15, 0.2) is 48.8 Å². The summed E-state index contributed by atoms with van der Waals surface area (Å²) < 4.78 is 38.5. The molecule has 2 heterocycles. The topological polar surface area (TPSA) is 100 Å². The van der Waals surface area contributed by atoms with Crippen molar-refractivity contribution in [2.24, 2.45) is 0 Å². The van der Waals surface area contributed by atoms with Crippen molar-refractivity contribution in [2.45, 2.75) is 26.1 Å². The molecule has 0 unspecified atom stereocenters. The van der Waals surface area contributed by atoms with Gasteiger partial charge in [0.05, 0.1) is 0 Å². The van der Waals surface area contributed by atoms with Gasteiger partial charge in [-0.05, 0) is 55.3 Å². The molecule has 2 aromatic heterocycles. The minimum Gasteiger partial charge on any atom is -0.480 e. The van der Waals surface area contributed by atoms with Crippen molar-refractivity contribution < 1.29 is 23.1 Å². The van der Waals surface area contributed by atoms with E-state index in [9.17, 15) is 18.0 Å². The maximum atomic E-state index is 12.8. The van der Waals surface area contributed by atoms with E-state index in [4.69, 9.17) is 5.11 Å². The van der Waals surface area contributed by atoms with Gasteiger partial charge in [0.15, 0.2) is 0 Å². The van der Waals surface area contributed by atoms with E-state index in [2.05, 4.69) is 25.6 Å². The van der Waals surface area contributed by atoms with E-state index in [0.29, 0.717) is 11.5 Å². The Labute approximate surface area is 170 Å². The van der Waals surface area contributed by atoms with E-state index < -0.39 is 23.9 Å². The maximum Gasteiger partial charge on any atom is 0.433 e. The Morgan fingerprint density at radius 1 is 1.10 bits per heavy atom. The monoisotopic (exact) mass is 417 g/mol. The molecule has 0 saturated heterocycles. The molecule has 1 aromatic carbocycles. The zero-order valence-electron chi connectivity index (χ0n) is 16.0. The van der Waals surface area contributed by atoms with Crippen LogP contribution in [-0.2, 0) is 11.0 Å². The van der Waals surface area contributed by atoms with E-state index in [0.717, 1.165) is 29.0 Å². The standard InChI is InChI=1S/C20H18F3N5O2/c1-11-7-14(13-3-4-17(25-10-13)26-12(2)18(29)30)9-15(8-11)27-19-24-6-5-16(28-19)20(21,22)23/h3-10,12H,1-2H3,(H,25,26)(H,29,30)(H,24,27,28)/t12-/m1/s1. The minimum absolute atomic E-state index is 0.165. The molecule has 3 N–H and O–H groups in total. The molecule has 0 aliphatic rings. The zero-order chi connectivity index (χ0) is 21.9. The number of nitrogens with zero attached hydrogens (tertiary/aromatic N) is 3. The highest BCUT2D eigenvalue weighted by Crippen LogP contribution is 2.29. The fourth-order valence-electron chi connectivity index (χ4n) is 2.66. The summed E-state index contributed by atoms with van der Waals surface area (Å²) in [5, 5.41) is 14.5. The van der Waals surface area contributed by atoms with Gasteiger partial charge in [-0.1, -0.05) is 6.07 Å². The lowest BCUT2D eigenvalue weighted by molar-refractivity contribution is -0.141. The molecule has 10 heteroatoms. The zero-order valence-corrected chi connectivity index (χ0v) is 16.0. The summed E-state index contributed by atoms with van der Waals surface area (Å²) in [6, 6.07) is 8.82. The summed E-state index contributed by atoms with van der Waals surface area (Å²) in [5.41, 5.74) is 1.88.